The van der Waals surface area contributed by atoms with Crippen LogP contribution in [0.4, 0.5) is 10.8 Å². The van der Waals surface area contributed by atoms with Crippen LogP contribution in [0.5, 0.6) is 0 Å². The first-order valence-corrected chi connectivity index (χ1v) is 7.97. The number of nitro groups is 1. The molecule has 0 atom stereocenters. The van der Waals surface area contributed by atoms with E-state index in [2.05, 4.69) is 15.2 Å². The molecule has 0 saturated heterocycles. The molecule has 0 aliphatic heterocycles. The Labute approximate surface area is 150 Å². The number of hydrogen-bond acceptors (Lipinski definition) is 8. The Morgan fingerprint density at radius 1 is 1.42 bits per heavy atom. The van der Waals surface area contributed by atoms with Crippen molar-refractivity contribution in [3.8, 4) is 0 Å². The van der Waals surface area contributed by atoms with Gasteiger partial charge in [0.15, 0.2) is 6.54 Å². The second kappa shape index (κ2) is 7.31. The number of hydrogen-bond donors (Lipinski definition) is 2. The lowest BCUT2D eigenvalue weighted by molar-refractivity contribution is -0.392. The molecule has 2 heterocycles. The molecule has 2 amide bonds. The number of methoxy groups -OCH3 is 1. The van der Waals surface area contributed by atoms with E-state index in [0.717, 1.165) is 23.1 Å². The summed E-state index contributed by atoms with van der Waals surface area (Å²) in [7, 11) is 1.16. The van der Waals surface area contributed by atoms with Crippen molar-refractivity contribution in [1.82, 2.24) is 9.78 Å². The average molecular weight is 381 g/mol. The number of ether oxygens (including phenoxy) is 1. The SMILES string of the molecule is COC(=O)c1c(NC(=O)Cn2nc(C)cc2[N+](=O)[O-])sc(C(N)=O)c1C. The van der Waals surface area contributed by atoms with Gasteiger partial charge in [-0.2, -0.15) is 0 Å². The van der Waals surface area contributed by atoms with E-state index < -0.39 is 29.3 Å². The number of carbonyl (C=O) groups is 3. The molecule has 0 spiro atoms. The van der Waals surface area contributed by atoms with Crippen LogP contribution in [0.3, 0.4) is 0 Å². The molecule has 0 aliphatic carbocycles. The molecule has 2 aromatic heterocycles. The number of primary amides is 1. The van der Waals surface area contributed by atoms with Crippen LogP contribution in [0.15, 0.2) is 6.07 Å². The minimum absolute atomic E-state index is 0.00537. The minimum Gasteiger partial charge on any atom is -0.465 e. The number of rotatable bonds is 6. The molecule has 26 heavy (non-hydrogen) atoms. The number of amides is 2. The molecule has 138 valence electrons. The summed E-state index contributed by atoms with van der Waals surface area (Å²) in [4.78, 5) is 46.1. The van der Waals surface area contributed by atoms with Crippen molar-refractivity contribution in [3.05, 3.63) is 37.9 Å². The monoisotopic (exact) mass is 381 g/mol. The molecular weight excluding hydrogens is 366 g/mol. The first-order chi connectivity index (χ1) is 12.1. The Balaban J connectivity index is 2.32. The average Bonchev–Trinajstić information content (AvgIpc) is 3.06. The summed E-state index contributed by atoms with van der Waals surface area (Å²) in [6.07, 6.45) is 0. The normalized spacial score (nSPS) is 10.4. The quantitative estimate of drug-likeness (QED) is 0.428. The summed E-state index contributed by atoms with van der Waals surface area (Å²) >= 11 is 0.822. The molecule has 0 aliphatic rings. The lowest BCUT2D eigenvalue weighted by Crippen LogP contribution is -2.21. The highest BCUT2D eigenvalue weighted by atomic mass is 32.1. The van der Waals surface area contributed by atoms with Gasteiger partial charge in [-0.25, -0.2) is 4.79 Å². The van der Waals surface area contributed by atoms with Crippen LogP contribution < -0.4 is 11.1 Å². The number of nitrogens with two attached hydrogens (primary N) is 1. The first kappa shape index (κ1) is 19.1. The zero-order valence-corrected chi connectivity index (χ0v) is 14.9. The molecule has 0 radical (unpaired) electrons. The van der Waals surface area contributed by atoms with Crippen molar-refractivity contribution in [3.63, 3.8) is 0 Å². The van der Waals surface area contributed by atoms with Gasteiger partial charge >= 0.3 is 11.8 Å². The van der Waals surface area contributed by atoms with Crippen molar-refractivity contribution in [2.75, 3.05) is 12.4 Å². The third-order valence-electron chi connectivity index (χ3n) is 3.37. The highest BCUT2D eigenvalue weighted by Gasteiger charge is 2.26. The van der Waals surface area contributed by atoms with E-state index in [1.54, 1.807) is 6.92 Å². The van der Waals surface area contributed by atoms with Crippen molar-refractivity contribution >= 4 is 39.9 Å². The van der Waals surface area contributed by atoms with Gasteiger partial charge in [0, 0.05) is 0 Å². The zero-order chi connectivity index (χ0) is 19.6. The first-order valence-electron chi connectivity index (χ1n) is 7.15. The number of nitrogens with one attached hydrogen (secondary N) is 1. The van der Waals surface area contributed by atoms with Crippen LogP contribution in [0.1, 0.15) is 31.3 Å². The van der Waals surface area contributed by atoms with Crippen LogP contribution in [0, 0.1) is 24.0 Å². The zero-order valence-electron chi connectivity index (χ0n) is 14.1. The predicted molar refractivity (Wildman–Crippen MR) is 91.2 cm³/mol. The van der Waals surface area contributed by atoms with E-state index in [0.29, 0.717) is 5.69 Å². The van der Waals surface area contributed by atoms with Gasteiger partial charge in [-0.05, 0) is 24.3 Å². The summed E-state index contributed by atoms with van der Waals surface area (Å²) in [5, 5.41) is 17.4. The van der Waals surface area contributed by atoms with Crippen LogP contribution in [-0.4, -0.2) is 39.6 Å². The van der Waals surface area contributed by atoms with Gasteiger partial charge in [0.25, 0.3) is 11.8 Å². The van der Waals surface area contributed by atoms with E-state index in [1.807, 2.05) is 0 Å². The number of aromatic nitrogens is 2. The van der Waals surface area contributed by atoms with Gasteiger partial charge in [0.1, 0.15) is 5.00 Å². The Morgan fingerprint density at radius 2 is 2.08 bits per heavy atom. The second-order valence-electron chi connectivity index (χ2n) is 5.22. The molecule has 0 aromatic carbocycles. The number of anilines is 1. The second-order valence-corrected chi connectivity index (χ2v) is 6.24. The molecule has 0 fully saturated rings. The smallest absolute Gasteiger partial charge is 0.345 e. The number of thiophene rings is 1. The van der Waals surface area contributed by atoms with E-state index in [9.17, 15) is 24.5 Å². The highest BCUT2D eigenvalue weighted by molar-refractivity contribution is 7.18. The number of aryl methyl sites for hydroxylation is 1. The number of carbonyl (C=O) groups excluding carboxylic acids is 3. The van der Waals surface area contributed by atoms with Crippen LogP contribution in [0.2, 0.25) is 0 Å². The van der Waals surface area contributed by atoms with E-state index in [4.69, 9.17) is 5.73 Å². The van der Waals surface area contributed by atoms with Crippen molar-refractivity contribution < 1.29 is 24.0 Å². The Bertz CT molecular complexity index is 915. The Kier molecular flexibility index (Phi) is 5.35. The van der Waals surface area contributed by atoms with Gasteiger partial charge in [-0.15, -0.1) is 16.0 Å². The maximum atomic E-state index is 12.3. The molecule has 12 heteroatoms. The summed E-state index contributed by atoms with van der Waals surface area (Å²) in [5.41, 5.74) is 5.93. The highest BCUT2D eigenvalue weighted by Crippen LogP contribution is 2.33. The summed E-state index contributed by atoms with van der Waals surface area (Å²) in [5.74, 6) is -2.51. The van der Waals surface area contributed by atoms with Gasteiger partial charge in [0.2, 0.25) is 0 Å². The van der Waals surface area contributed by atoms with E-state index in [1.165, 1.54) is 13.0 Å². The van der Waals surface area contributed by atoms with E-state index in [-0.39, 0.29) is 26.8 Å². The minimum atomic E-state index is -0.753. The molecule has 3 N–H and O–H groups in total. The molecule has 11 nitrogen and oxygen atoms in total. The lowest BCUT2D eigenvalue weighted by atomic mass is 10.1. The lowest BCUT2D eigenvalue weighted by Gasteiger charge is -2.05. The fourth-order valence-electron chi connectivity index (χ4n) is 2.28. The third kappa shape index (κ3) is 3.69. The van der Waals surface area contributed by atoms with Crippen LogP contribution in [-0.2, 0) is 16.1 Å². The van der Waals surface area contributed by atoms with Gasteiger partial charge < -0.3 is 25.9 Å². The molecular formula is C14H15N5O6S. The van der Waals surface area contributed by atoms with Crippen molar-refractivity contribution in [2.45, 2.75) is 20.4 Å². The summed E-state index contributed by atoms with van der Waals surface area (Å²) in [6.45, 7) is 2.60. The maximum Gasteiger partial charge on any atom is 0.345 e. The largest absolute Gasteiger partial charge is 0.465 e. The molecule has 0 bridgehead atoms. The summed E-state index contributed by atoms with van der Waals surface area (Å²) < 4.78 is 5.59. The van der Waals surface area contributed by atoms with Gasteiger partial charge in [-0.1, -0.05) is 5.10 Å². The fourth-order valence-corrected chi connectivity index (χ4v) is 3.34. The van der Waals surface area contributed by atoms with Crippen LogP contribution >= 0.6 is 11.3 Å². The van der Waals surface area contributed by atoms with Gasteiger partial charge in [-0.3, -0.25) is 9.59 Å². The van der Waals surface area contributed by atoms with Gasteiger partial charge in [0.05, 0.1) is 29.3 Å². The van der Waals surface area contributed by atoms with Crippen LogP contribution in [0.25, 0.3) is 0 Å². The third-order valence-corrected chi connectivity index (χ3v) is 4.60. The standard InChI is InChI=1S/C14H15N5O6S/c1-6-4-9(19(23)24)18(17-6)5-8(20)16-13-10(14(22)25-3)7(2)11(26-13)12(15)21/h4H,5H2,1-3H3,(H2,15,21)(H,16,20). The molecule has 2 rings (SSSR count). The molecule has 0 unspecified atom stereocenters. The maximum absolute atomic E-state index is 12.3. The molecule has 2 aromatic rings. The fraction of sp³-hybridized carbons (Fsp3) is 0.286. The molecule has 0 saturated carbocycles. The number of esters is 1. The number of nitrogens with zero attached hydrogens (tertiary/aromatic N) is 3. The van der Waals surface area contributed by atoms with Crippen molar-refractivity contribution in [1.29, 1.82) is 0 Å². The Hall–Kier alpha value is -3.28. The van der Waals surface area contributed by atoms with Crippen molar-refractivity contribution in [2.24, 2.45) is 5.73 Å². The topological polar surface area (TPSA) is 159 Å². The predicted octanol–water partition coefficient (Wildman–Crippen LogP) is 0.994. The summed E-state index contributed by atoms with van der Waals surface area (Å²) in [6, 6.07) is 1.23. The Morgan fingerprint density at radius 3 is 2.62 bits per heavy atom. The van der Waals surface area contributed by atoms with E-state index >= 15 is 0 Å².